The molecule has 0 fully saturated rings. The van der Waals surface area contributed by atoms with Gasteiger partial charge in [0, 0.05) is 22.9 Å². The number of nitrogens with zero attached hydrogens (tertiary/aromatic N) is 2. The number of para-hydroxylation sites is 1. The van der Waals surface area contributed by atoms with Crippen molar-refractivity contribution >= 4 is 51.5 Å². The van der Waals surface area contributed by atoms with E-state index < -0.39 is 0 Å². The van der Waals surface area contributed by atoms with Gasteiger partial charge in [0.15, 0.2) is 10.9 Å². The van der Waals surface area contributed by atoms with Crippen LogP contribution >= 0.6 is 22.9 Å². The number of rotatable bonds is 5. The van der Waals surface area contributed by atoms with Crippen LogP contribution in [0.1, 0.15) is 34.1 Å². The third kappa shape index (κ3) is 4.38. The quantitative estimate of drug-likeness (QED) is 0.383. The molecule has 0 saturated carbocycles. The van der Waals surface area contributed by atoms with Gasteiger partial charge in [0.05, 0.1) is 11.4 Å². The van der Waals surface area contributed by atoms with Crippen molar-refractivity contribution in [2.45, 2.75) is 20.8 Å². The zero-order valence-electron chi connectivity index (χ0n) is 15.8. The van der Waals surface area contributed by atoms with E-state index in [2.05, 4.69) is 4.98 Å². The van der Waals surface area contributed by atoms with E-state index in [1.807, 2.05) is 37.4 Å². The van der Waals surface area contributed by atoms with Gasteiger partial charge in [-0.3, -0.25) is 14.5 Å². The highest BCUT2D eigenvalue weighted by Crippen LogP contribution is 2.33. The maximum Gasteiger partial charge on any atom is 0.230 e. The first-order valence-electron chi connectivity index (χ1n) is 8.67. The number of aryl methyl sites for hydroxylation is 2. The molecule has 28 heavy (non-hydrogen) atoms. The number of allylic oxidation sites excluding steroid dienone is 1. The smallest absolute Gasteiger partial charge is 0.230 e. The van der Waals surface area contributed by atoms with Gasteiger partial charge in [-0.2, -0.15) is 0 Å². The van der Waals surface area contributed by atoms with E-state index in [9.17, 15) is 9.59 Å². The Morgan fingerprint density at radius 1 is 1.11 bits per heavy atom. The molecule has 3 aromatic rings. The normalized spacial score (nSPS) is 11.0. The van der Waals surface area contributed by atoms with Crippen LogP contribution < -0.4 is 4.90 Å². The Hall–Kier alpha value is -2.76. The predicted octanol–water partition coefficient (Wildman–Crippen LogP) is 5.99. The number of amides is 1. The van der Waals surface area contributed by atoms with Gasteiger partial charge in [-0.05, 0) is 49.3 Å². The molecule has 0 aliphatic heterocycles. The molecule has 142 valence electrons. The van der Waals surface area contributed by atoms with Crippen LogP contribution in [0.25, 0.3) is 6.08 Å². The van der Waals surface area contributed by atoms with Gasteiger partial charge in [0.25, 0.3) is 0 Å². The summed E-state index contributed by atoms with van der Waals surface area (Å²) in [5.41, 5.74) is 3.97. The highest BCUT2D eigenvalue weighted by Gasteiger charge is 2.21. The van der Waals surface area contributed by atoms with Gasteiger partial charge in [0.1, 0.15) is 0 Å². The van der Waals surface area contributed by atoms with Crippen molar-refractivity contribution in [2.24, 2.45) is 0 Å². The molecule has 0 unspecified atom stereocenters. The standard InChI is InChI=1S/C22H19ClN2O2S/c1-14-6-4-7-15(2)21(14)25(16(3)26)22-24-19(13-28-22)10-11-20(27)17-8-5-9-18(23)12-17/h4-13H,1-3H3. The molecule has 0 aliphatic rings. The van der Waals surface area contributed by atoms with Gasteiger partial charge < -0.3 is 0 Å². The molecule has 4 nitrogen and oxygen atoms in total. The molecule has 3 rings (SSSR count). The lowest BCUT2D eigenvalue weighted by Crippen LogP contribution is -2.24. The highest BCUT2D eigenvalue weighted by molar-refractivity contribution is 7.14. The summed E-state index contributed by atoms with van der Waals surface area (Å²) in [6, 6.07) is 12.7. The molecule has 2 aromatic carbocycles. The van der Waals surface area contributed by atoms with Crippen molar-refractivity contribution < 1.29 is 9.59 Å². The minimum absolute atomic E-state index is 0.114. The summed E-state index contributed by atoms with van der Waals surface area (Å²) in [6.07, 6.45) is 3.11. The molecule has 6 heteroatoms. The molecule has 1 aromatic heterocycles. The average molecular weight is 411 g/mol. The number of thiazole rings is 1. The average Bonchev–Trinajstić information content (AvgIpc) is 3.11. The monoisotopic (exact) mass is 410 g/mol. The Bertz CT molecular complexity index is 1050. The first-order chi connectivity index (χ1) is 13.4. The number of ketones is 1. The van der Waals surface area contributed by atoms with Crippen LogP contribution in [-0.2, 0) is 4.79 Å². The van der Waals surface area contributed by atoms with Crippen molar-refractivity contribution in [3.05, 3.63) is 81.3 Å². The van der Waals surface area contributed by atoms with Gasteiger partial charge in [-0.25, -0.2) is 4.98 Å². The number of anilines is 2. The molecular formula is C22H19ClN2O2S. The molecule has 0 radical (unpaired) electrons. The van der Waals surface area contributed by atoms with E-state index in [4.69, 9.17) is 11.6 Å². The Labute approximate surface area is 173 Å². The lowest BCUT2D eigenvalue weighted by Gasteiger charge is -2.22. The second-order valence-corrected chi connectivity index (χ2v) is 7.63. The van der Waals surface area contributed by atoms with Crippen LogP contribution in [0.15, 0.2) is 53.9 Å². The first-order valence-corrected chi connectivity index (χ1v) is 9.93. The van der Waals surface area contributed by atoms with Crippen LogP contribution in [0.4, 0.5) is 10.8 Å². The Morgan fingerprint density at radius 2 is 1.79 bits per heavy atom. The third-order valence-electron chi connectivity index (χ3n) is 4.19. The molecule has 0 saturated heterocycles. The van der Waals surface area contributed by atoms with Crippen molar-refractivity contribution in [1.29, 1.82) is 0 Å². The van der Waals surface area contributed by atoms with Crippen LogP contribution in [0.3, 0.4) is 0 Å². The van der Waals surface area contributed by atoms with Crippen LogP contribution in [0.2, 0.25) is 5.02 Å². The third-order valence-corrected chi connectivity index (χ3v) is 5.27. The van der Waals surface area contributed by atoms with E-state index in [0.717, 1.165) is 16.8 Å². The number of hydrogen-bond acceptors (Lipinski definition) is 4. The first kappa shape index (κ1) is 20.0. The molecule has 0 aliphatic carbocycles. The van der Waals surface area contributed by atoms with Crippen molar-refractivity contribution in [3.63, 3.8) is 0 Å². The van der Waals surface area contributed by atoms with E-state index in [1.165, 1.54) is 24.3 Å². The van der Waals surface area contributed by atoms with Gasteiger partial charge in [-0.1, -0.05) is 41.9 Å². The van der Waals surface area contributed by atoms with E-state index >= 15 is 0 Å². The lowest BCUT2D eigenvalue weighted by atomic mass is 10.1. The maximum atomic E-state index is 12.3. The van der Waals surface area contributed by atoms with E-state index in [1.54, 1.807) is 35.2 Å². The topological polar surface area (TPSA) is 50.3 Å². The number of benzene rings is 2. The minimum atomic E-state index is -0.157. The molecule has 1 heterocycles. The second-order valence-electron chi connectivity index (χ2n) is 6.36. The fourth-order valence-corrected chi connectivity index (χ4v) is 3.93. The largest absolute Gasteiger partial charge is 0.289 e. The molecule has 0 spiro atoms. The van der Waals surface area contributed by atoms with Crippen LogP contribution in [-0.4, -0.2) is 16.7 Å². The Balaban J connectivity index is 1.88. The summed E-state index contributed by atoms with van der Waals surface area (Å²) < 4.78 is 0. The fourth-order valence-electron chi connectivity index (χ4n) is 2.90. The Kier molecular flexibility index (Phi) is 6.07. The van der Waals surface area contributed by atoms with E-state index in [-0.39, 0.29) is 11.7 Å². The SMILES string of the molecule is CC(=O)N(c1nc(C=CC(=O)c2cccc(Cl)c2)cs1)c1c(C)cccc1C. The number of hydrogen-bond donors (Lipinski definition) is 0. The number of halogens is 1. The lowest BCUT2D eigenvalue weighted by molar-refractivity contribution is -0.115. The molecular weight excluding hydrogens is 392 g/mol. The number of carbonyl (C=O) groups is 2. The van der Waals surface area contributed by atoms with Crippen LogP contribution in [0, 0.1) is 13.8 Å². The highest BCUT2D eigenvalue weighted by atomic mass is 35.5. The summed E-state index contributed by atoms with van der Waals surface area (Å²) >= 11 is 7.29. The molecule has 0 bridgehead atoms. The second kappa shape index (κ2) is 8.50. The predicted molar refractivity (Wildman–Crippen MR) is 116 cm³/mol. The summed E-state index contributed by atoms with van der Waals surface area (Å²) in [4.78, 5) is 30.8. The fraction of sp³-hybridized carbons (Fsp3) is 0.136. The zero-order valence-corrected chi connectivity index (χ0v) is 17.3. The maximum absolute atomic E-state index is 12.3. The minimum Gasteiger partial charge on any atom is -0.289 e. The summed E-state index contributed by atoms with van der Waals surface area (Å²) in [7, 11) is 0. The van der Waals surface area contributed by atoms with Crippen molar-refractivity contribution in [1.82, 2.24) is 4.98 Å². The summed E-state index contributed by atoms with van der Waals surface area (Å²) in [6.45, 7) is 5.46. The summed E-state index contributed by atoms with van der Waals surface area (Å²) in [5.74, 6) is -0.271. The number of aromatic nitrogens is 1. The molecule has 0 N–H and O–H groups in total. The van der Waals surface area contributed by atoms with Crippen molar-refractivity contribution in [3.8, 4) is 0 Å². The van der Waals surface area contributed by atoms with Gasteiger partial charge >= 0.3 is 0 Å². The zero-order chi connectivity index (χ0) is 20.3. The van der Waals surface area contributed by atoms with Crippen molar-refractivity contribution in [2.75, 3.05) is 4.90 Å². The van der Waals surface area contributed by atoms with Crippen LogP contribution in [0.5, 0.6) is 0 Å². The Morgan fingerprint density at radius 3 is 2.43 bits per heavy atom. The number of carbonyl (C=O) groups excluding carboxylic acids is 2. The molecule has 0 atom stereocenters. The molecule has 1 amide bonds. The van der Waals surface area contributed by atoms with Gasteiger partial charge in [0.2, 0.25) is 5.91 Å². The van der Waals surface area contributed by atoms with Gasteiger partial charge in [-0.15, -0.1) is 11.3 Å². The summed E-state index contributed by atoms with van der Waals surface area (Å²) in [5, 5.41) is 2.90. The van der Waals surface area contributed by atoms with E-state index in [0.29, 0.717) is 21.4 Å².